The van der Waals surface area contributed by atoms with Gasteiger partial charge in [-0.05, 0) is 45.6 Å². The second-order valence-corrected chi connectivity index (χ2v) is 9.03. The minimum Gasteiger partial charge on any atom is -0.356 e. The summed E-state index contributed by atoms with van der Waals surface area (Å²) in [5.41, 5.74) is 1.87. The van der Waals surface area contributed by atoms with Crippen LogP contribution >= 0.6 is 22.7 Å². The van der Waals surface area contributed by atoms with E-state index in [4.69, 9.17) is 0 Å². The van der Waals surface area contributed by atoms with Gasteiger partial charge in [-0.2, -0.15) is 0 Å². The van der Waals surface area contributed by atoms with Gasteiger partial charge in [0.05, 0.1) is 27.0 Å². The van der Waals surface area contributed by atoms with Crippen LogP contribution in [0.5, 0.6) is 0 Å². The maximum Gasteiger partial charge on any atom is 0.262 e. The summed E-state index contributed by atoms with van der Waals surface area (Å²) in [4.78, 5) is 30.3. The van der Waals surface area contributed by atoms with Gasteiger partial charge in [0.15, 0.2) is 0 Å². The topological polar surface area (TPSA) is 71.0 Å². The second kappa shape index (κ2) is 7.52. The molecule has 6 nitrogen and oxygen atoms in total. The molecule has 1 amide bonds. The normalized spacial score (nSPS) is 15.9. The van der Waals surface area contributed by atoms with E-state index in [-0.39, 0.29) is 11.9 Å². The van der Waals surface area contributed by atoms with E-state index < -0.39 is 0 Å². The monoisotopic (exact) mass is 401 g/mol. The standard InChI is InChI=1S/C19H23N5OS2/c1-11-15-17(24-7-5-4-6-8-24)20-10-21-19(15)27-16(11)18(25)22-12(2)14-9-26-13(3)23-14/h9-10,12H,4-8H2,1-3H3,(H,22,25). The average molecular weight is 402 g/mol. The molecule has 1 aliphatic heterocycles. The average Bonchev–Trinajstić information content (AvgIpc) is 3.26. The molecule has 1 aliphatic rings. The van der Waals surface area contributed by atoms with Crippen LogP contribution in [0, 0.1) is 13.8 Å². The first-order valence-corrected chi connectivity index (χ1v) is 11.0. The first kappa shape index (κ1) is 18.3. The molecule has 0 spiro atoms. The van der Waals surface area contributed by atoms with Gasteiger partial charge < -0.3 is 10.2 Å². The molecule has 0 bridgehead atoms. The van der Waals surface area contributed by atoms with E-state index in [1.807, 2.05) is 26.2 Å². The molecule has 3 aromatic heterocycles. The van der Waals surface area contributed by atoms with Gasteiger partial charge >= 0.3 is 0 Å². The number of piperidine rings is 1. The molecule has 1 saturated heterocycles. The predicted molar refractivity (Wildman–Crippen MR) is 111 cm³/mol. The molecule has 142 valence electrons. The Labute approximate surface area is 166 Å². The van der Waals surface area contributed by atoms with Gasteiger partial charge in [-0.3, -0.25) is 4.79 Å². The van der Waals surface area contributed by atoms with E-state index in [0.717, 1.165) is 45.4 Å². The molecule has 0 aromatic carbocycles. The Balaban J connectivity index is 1.64. The van der Waals surface area contributed by atoms with E-state index in [1.54, 1.807) is 17.7 Å². The van der Waals surface area contributed by atoms with Crippen molar-refractivity contribution in [1.29, 1.82) is 0 Å². The lowest BCUT2D eigenvalue weighted by atomic mass is 10.1. The van der Waals surface area contributed by atoms with Crippen molar-refractivity contribution in [2.24, 2.45) is 0 Å². The minimum absolute atomic E-state index is 0.0711. The Morgan fingerprint density at radius 1 is 1.22 bits per heavy atom. The van der Waals surface area contributed by atoms with E-state index in [9.17, 15) is 4.79 Å². The Bertz CT molecular complexity index is 974. The van der Waals surface area contributed by atoms with E-state index >= 15 is 0 Å². The third kappa shape index (κ3) is 3.55. The van der Waals surface area contributed by atoms with Crippen molar-refractivity contribution >= 4 is 44.6 Å². The highest BCUT2D eigenvalue weighted by Gasteiger charge is 2.24. The fourth-order valence-corrected chi connectivity index (χ4v) is 5.28. The summed E-state index contributed by atoms with van der Waals surface area (Å²) in [6.07, 6.45) is 5.26. The molecule has 4 rings (SSSR count). The van der Waals surface area contributed by atoms with Crippen LogP contribution in [0.25, 0.3) is 10.2 Å². The summed E-state index contributed by atoms with van der Waals surface area (Å²) in [7, 11) is 0. The van der Waals surface area contributed by atoms with Crippen LogP contribution in [0.4, 0.5) is 5.82 Å². The molecule has 27 heavy (non-hydrogen) atoms. The number of fused-ring (bicyclic) bond motifs is 1. The quantitative estimate of drug-likeness (QED) is 0.708. The highest BCUT2D eigenvalue weighted by atomic mass is 32.1. The molecule has 8 heteroatoms. The Kier molecular flexibility index (Phi) is 5.10. The summed E-state index contributed by atoms with van der Waals surface area (Å²) >= 11 is 3.04. The largest absolute Gasteiger partial charge is 0.356 e. The van der Waals surface area contributed by atoms with Gasteiger partial charge in [-0.1, -0.05) is 0 Å². The van der Waals surface area contributed by atoms with Gasteiger partial charge in [-0.15, -0.1) is 22.7 Å². The molecule has 4 heterocycles. The van der Waals surface area contributed by atoms with E-state index in [2.05, 4.69) is 25.2 Å². The van der Waals surface area contributed by atoms with Crippen molar-refractivity contribution in [1.82, 2.24) is 20.3 Å². The fourth-order valence-electron chi connectivity index (χ4n) is 3.53. The Hall–Kier alpha value is -2.06. The number of nitrogens with zero attached hydrogens (tertiary/aromatic N) is 4. The summed E-state index contributed by atoms with van der Waals surface area (Å²) < 4.78 is 0. The van der Waals surface area contributed by atoms with Crippen LogP contribution in [0.15, 0.2) is 11.7 Å². The highest BCUT2D eigenvalue weighted by molar-refractivity contribution is 7.20. The number of thiazole rings is 1. The van der Waals surface area contributed by atoms with Gasteiger partial charge in [0.2, 0.25) is 0 Å². The zero-order valence-corrected chi connectivity index (χ0v) is 17.4. The molecule has 1 atom stereocenters. The van der Waals surface area contributed by atoms with Crippen molar-refractivity contribution in [3.63, 3.8) is 0 Å². The number of anilines is 1. The Morgan fingerprint density at radius 2 is 2.00 bits per heavy atom. The maximum atomic E-state index is 12.9. The number of carbonyl (C=O) groups is 1. The van der Waals surface area contributed by atoms with Crippen LogP contribution in [0.3, 0.4) is 0 Å². The van der Waals surface area contributed by atoms with Gasteiger partial charge in [-0.25, -0.2) is 15.0 Å². The molecule has 1 fully saturated rings. The van der Waals surface area contributed by atoms with E-state index in [0.29, 0.717) is 4.88 Å². The number of amides is 1. The summed E-state index contributed by atoms with van der Waals surface area (Å²) in [5.74, 6) is 0.897. The molecule has 0 saturated carbocycles. The molecular weight excluding hydrogens is 378 g/mol. The van der Waals surface area contributed by atoms with Crippen molar-refractivity contribution in [3.8, 4) is 0 Å². The van der Waals surface area contributed by atoms with Crippen LogP contribution in [-0.4, -0.2) is 33.9 Å². The summed E-state index contributed by atoms with van der Waals surface area (Å²) in [6, 6.07) is -0.125. The SMILES string of the molecule is Cc1nc(C(C)NC(=O)c2sc3ncnc(N4CCCCC4)c3c2C)cs1. The third-order valence-corrected chi connectivity index (χ3v) is 6.99. The van der Waals surface area contributed by atoms with Crippen LogP contribution < -0.4 is 10.2 Å². The number of rotatable bonds is 4. The second-order valence-electron chi connectivity index (χ2n) is 6.97. The number of aryl methyl sites for hydroxylation is 2. The lowest BCUT2D eigenvalue weighted by molar-refractivity contribution is 0.0943. The molecule has 0 radical (unpaired) electrons. The molecule has 1 unspecified atom stereocenters. The zero-order chi connectivity index (χ0) is 19.0. The molecule has 1 N–H and O–H groups in total. The van der Waals surface area contributed by atoms with Crippen LogP contribution in [0.1, 0.15) is 58.2 Å². The van der Waals surface area contributed by atoms with Crippen molar-refractivity contribution in [2.45, 2.75) is 46.1 Å². The minimum atomic E-state index is -0.125. The van der Waals surface area contributed by atoms with E-state index in [1.165, 1.54) is 30.6 Å². The van der Waals surface area contributed by atoms with Crippen molar-refractivity contribution in [2.75, 3.05) is 18.0 Å². The first-order valence-electron chi connectivity index (χ1n) is 9.26. The van der Waals surface area contributed by atoms with Crippen molar-refractivity contribution in [3.05, 3.63) is 32.8 Å². The number of aromatic nitrogens is 3. The number of hydrogen-bond donors (Lipinski definition) is 1. The van der Waals surface area contributed by atoms with Crippen LogP contribution in [-0.2, 0) is 0 Å². The number of nitrogens with one attached hydrogen (secondary N) is 1. The van der Waals surface area contributed by atoms with Crippen molar-refractivity contribution < 1.29 is 4.79 Å². The lowest BCUT2D eigenvalue weighted by Gasteiger charge is -2.28. The lowest BCUT2D eigenvalue weighted by Crippen LogP contribution is -2.30. The Morgan fingerprint density at radius 3 is 2.70 bits per heavy atom. The van der Waals surface area contributed by atoms with Gasteiger partial charge in [0, 0.05) is 18.5 Å². The van der Waals surface area contributed by atoms with Gasteiger partial charge in [0.1, 0.15) is 17.0 Å². The maximum absolute atomic E-state index is 12.9. The third-order valence-electron chi connectivity index (χ3n) is 5.00. The number of thiophene rings is 1. The predicted octanol–water partition coefficient (Wildman–Crippen LogP) is 4.25. The summed E-state index contributed by atoms with van der Waals surface area (Å²) in [6.45, 7) is 7.97. The smallest absolute Gasteiger partial charge is 0.262 e. The molecule has 3 aromatic rings. The molecule has 0 aliphatic carbocycles. The first-order chi connectivity index (χ1) is 13.0. The zero-order valence-electron chi connectivity index (χ0n) is 15.8. The van der Waals surface area contributed by atoms with Gasteiger partial charge in [0.25, 0.3) is 5.91 Å². The number of carbonyl (C=O) groups excluding carboxylic acids is 1. The van der Waals surface area contributed by atoms with Crippen LogP contribution in [0.2, 0.25) is 0 Å². The highest BCUT2D eigenvalue weighted by Crippen LogP contribution is 2.36. The summed E-state index contributed by atoms with van der Waals surface area (Å²) in [5, 5.41) is 7.10. The molecular formula is C19H23N5OS2. The number of hydrogen-bond acceptors (Lipinski definition) is 7. The fraction of sp³-hybridized carbons (Fsp3) is 0.474.